The van der Waals surface area contributed by atoms with E-state index in [2.05, 4.69) is 18.4 Å². The van der Waals surface area contributed by atoms with Crippen molar-refractivity contribution >= 4 is 27.5 Å². The Labute approximate surface area is 171 Å². The fraction of sp³-hybridized carbons (Fsp3) is 0.250. The van der Waals surface area contributed by atoms with Gasteiger partial charge in [0.2, 0.25) is 5.91 Å². The predicted octanol–water partition coefficient (Wildman–Crippen LogP) is 3.61. The summed E-state index contributed by atoms with van der Waals surface area (Å²) in [6.45, 7) is 8.10. The van der Waals surface area contributed by atoms with Gasteiger partial charge in [-0.05, 0) is 50.3 Å². The van der Waals surface area contributed by atoms with Crippen molar-refractivity contribution in [3.63, 3.8) is 0 Å². The van der Waals surface area contributed by atoms with Crippen molar-refractivity contribution < 1.29 is 18.4 Å². The fourth-order valence-corrected chi connectivity index (χ4v) is 3.31. The molecule has 0 aliphatic rings. The lowest BCUT2D eigenvalue weighted by Crippen LogP contribution is -2.32. The number of hydroxylamine groups is 2. The zero-order valence-electron chi connectivity index (χ0n) is 16.2. The molecular formula is C20H23ClN2O4S. The van der Waals surface area contributed by atoms with Crippen molar-refractivity contribution in [1.29, 1.82) is 0 Å². The Morgan fingerprint density at radius 2 is 1.82 bits per heavy atom. The van der Waals surface area contributed by atoms with E-state index in [9.17, 15) is 18.4 Å². The molecule has 0 spiro atoms. The molecule has 0 saturated heterocycles. The average Bonchev–Trinajstić information content (AvgIpc) is 2.66. The van der Waals surface area contributed by atoms with E-state index < -0.39 is 22.0 Å². The van der Waals surface area contributed by atoms with Gasteiger partial charge in [0, 0.05) is 30.3 Å². The van der Waals surface area contributed by atoms with Crippen LogP contribution in [0.5, 0.6) is 0 Å². The van der Waals surface area contributed by atoms with Crippen LogP contribution in [-0.4, -0.2) is 42.0 Å². The van der Waals surface area contributed by atoms with E-state index >= 15 is 0 Å². The van der Waals surface area contributed by atoms with Crippen LogP contribution in [0.4, 0.5) is 0 Å². The van der Waals surface area contributed by atoms with E-state index in [4.69, 9.17) is 11.6 Å². The summed E-state index contributed by atoms with van der Waals surface area (Å²) in [5.74, 6) is 4.99. The van der Waals surface area contributed by atoms with Gasteiger partial charge in [0.05, 0.1) is 4.90 Å². The highest BCUT2D eigenvalue weighted by Crippen LogP contribution is 2.20. The van der Waals surface area contributed by atoms with Crippen LogP contribution in [0.2, 0.25) is 5.02 Å². The van der Waals surface area contributed by atoms with Crippen molar-refractivity contribution in [3.05, 3.63) is 65.4 Å². The Bertz CT molecular complexity index is 954. The summed E-state index contributed by atoms with van der Waals surface area (Å²) in [5, 5.41) is 10.5. The van der Waals surface area contributed by atoms with Gasteiger partial charge in [-0.15, -0.1) is 0 Å². The molecule has 0 saturated carbocycles. The average molecular weight is 423 g/mol. The number of carbonyl (C=O) groups is 1. The van der Waals surface area contributed by atoms with Gasteiger partial charge in [-0.3, -0.25) is 14.3 Å². The number of hydrogen-bond donors (Lipinski definition) is 1. The first-order valence-electron chi connectivity index (χ1n) is 8.26. The lowest BCUT2D eigenvalue weighted by Gasteiger charge is -2.19. The van der Waals surface area contributed by atoms with Gasteiger partial charge in [-0.1, -0.05) is 36.1 Å². The number of carbonyl (C=O) groups excluding carboxylic acids is 1. The Kier molecular flexibility index (Phi) is 8.51. The maximum Gasteiger partial charge on any atom is 0.263 e. The van der Waals surface area contributed by atoms with Gasteiger partial charge >= 0.3 is 0 Å². The van der Waals surface area contributed by atoms with Crippen LogP contribution in [0.1, 0.15) is 20.8 Å². The number of halogens is 1. The number of allylic oxidation sites excluding steroid dienone is 5. The second-order valence-corrected chi connectivity index (χ2v) is 8.28. The van der Waals surface area contributed by atoms with E-state index in [0.717, 1.165) is 4.31 Å². The van der Waals surface area contributed by atoms with Crippen molar-refractivity contribution in [2.75, 3.05) is 7.05 Å². The molecule has 0 heterocycles. The minimum absolute atomic E-state index is 0.126. The summed E-state index contributed by atoms with van der Waals surface area (Å²) in [7, 11) is -2.27. The zero-order chi connectivity index (χ0) is 21.5. The van der Waals surface area contributed by atoms with Gasteiger partial charge < -0.3 is 0 Å². The van der Waals surface area contributed by atoms with E-state index in [-0.39, 0.29) is 4.90 Å². The first kappa shape index (κ1) is 23.5. The smallest absolute Gasteiger partial charge is 0.263 e. The van der Waals surface area contributed by atoms with Crippen LogP contribution in [0.15, 0.2) is 65.2 Å². The monoisotopic (exact) mass is 422 g/mol. The summed E-state index contributed by atoms with van der Waals surface area (Å²) in [5.41, 5.74) is 0.956. The van der Waals surface area contributed by atoms with Gasteiger partial charge in [-0.25, -0.2) is 13.5 Å². The third-order valence-electron chi connectivity index (χ3n) is 3.81. The molecule has 6 nitrogen and oxygen atoms in total. The molecule has 28 heavy (non-hydrogen) atoms. The SMILES string of the molecule is C=C/C(C#CC(C)N(O)C(C)=O)=C\C=C(/C)N(C)S(=O)(=O)c1ccc(Cl)cc1. The number of amides is 1. The lowest BCUT2D eigenvalue weighted by molar-refractivity contribution is -0.166. The molecule has 1 aromatic rings. The van der Waals surface area contributed by atoms with Crippen LogP contribution < -0.4 is 0 Å². The molecule has 1 rings (SSSR count). The minimum Gasteiger partial charge on any atom is -0.285 e. The first-order valence-corrected chi connectivity index (χ1v) is 10.1. The number of sulfonamides is 1. The van der Waals surface area contributed by atoms with Crippen LogP contribution in [0.25, 0.3) is 0 Å². The maximum absolute atomic E-state index is 12.7. The summed E-state index contributed by atoms with van der Waals surface area (Å²) >= 11 is 5.81. The van der Waals surface area contributed by atoms with Crippen LogP contribution in [0, 0.1) is 11.8 Å². The molecule has 0 fully saturated rings. The third kappa shape index (κ3) is 6.27. The van der Waals surface area contributed by atoms with Crippen molar-refractivity contribution in [2.45, 2.75) is 31.7 Å². The van der Waals surface area contributed by atoms with E-state index in [1.54, 1.807) is 26.0 Å². The standard InChI is InChI=1S/C20H23ClN2O4S/c1-6-18(10-8-16(3)23(25)17(4)24)9-7-15(2)22(5)28(26,27)20-13-11-19(21)12-14-20/h6-7,9,11-14,16,25H,1H2,2-5H3/b15-7+,18-9+. The van der Waals surface area contributed by atoms with E-state index in [1.165, 1.54) is 44.3 Å². The molecule has 1 amide bonds. The summed E-state index contributed by atoms with van der Waals surface area (Å²) in [4.78, 5) is 11.2. The van der Waals surface area contributed by atoms with Crippen LogP contribution in [-0.2, 0) is 14.8 Å². The van der Waals surface area contributed by atoms with E-state index in [0.29, 0.717) is 21.4 Å². The Balaban J connectivity index is 3.06. The predicted molar refractivity (Wildman–Crippen MR) is 110 cm³/mol. The summed E-state index contributed by atoms with van der Waals surface area (Å²) in [6.07, 6.45) is 4.68. The highest BCUT2D eigenvalue weighted by Gasteiger charge is 2.20. The molecule has 0 aliphatic heterocycles. The minimum atomic E-state index is -3.72. The van der Waals surface area contributed by atoms with Gasteiger partial charge in [0.1, 0.15) is 6.04 Å². The Morgan fingerprint density at radius 1 is 1.25 bits per heavy atom. The molecule has 1 unspecified atom stereocenters. The van der Waals surface area contributed by atoms with Crippen molar-refractivity contribution in [3.8, 4) is 11.8 Å². The van der Waals surface area contributed by atoms with E-state index in [1.807, 2.05) is 0 Å². The summed E-state index contributed by atoms with van der Waals surface area (Å²) in [6, 6.07) is 5.21. The fourth-order valence-electron chi connectivity index (χ4n) is 1.95. The van der Waals surface area contributed by atoms with Gasteiger partial charge in [0.25, 0.3) is 10.0 Å². The largest absolute Gasteiger partial charge is 0.285 e. The highest BCUT2D eigenvalue weighted by molar-refractivity contribution is 7.89. The molecule has 0 aromatic heterocycles. The molecule has 1 atom stereocenters. The molecular weight excluding hydrogens is 400 g/mol. The molecule has 0 radical (unpaired) electrons. The molecule has 0 bridgehead atoms. The maximum atomic E-state index is 12.7. The van der Waals surface area contributed by atoms with Crippen molar-refractivity contribution in [2.24, 2.45) is 0 Å². The van der Waals surface area contributed by atoms with Gasteiger partial charge in [0.15, 0.2) is 0 Å². The topological polar surface area (TPSA) is 77.9 Å². The highest BCUT2D eigenvalue weighted by atomic mass is 35.5. The normalized spacial score (nSPS) is 13.2. The molecule has 0 aliphatic carbocycles. The Morgan fingerprint density at radius 3 is 2.32 bits per heavy atom. The number of rotatable bonds is 6. The second kappa shape index (κ2) is 10.1. The molecule has 1 aromatic carbocycles. The number of hydrogen-bond acceptors (Lipinski definition) is 4. The molecule has 1 N–H and O–H groups in total. The molecule has 8 heteroatoms. The van der Waals surface area contributed by atoms with Gasteiger partial charge in [-0.2, -0.15) is 0 Å². The van der Waals surface area contributed by atoms with Crippen LogP contribution in [0.3, 0.4) is 0 Å². The first-order chi connectivity index (χ1) is 13.0. The summed E-state index contributed by atoms with van der Waals surface area (Å²) < 4.78 is 26.5. The second-order valence-electron chi connectivity index (χ2n) is 5.87. The third-order valence-corrected chi connectivity index (χ3v) is 5.94. The number of benzene rings is 1. The van der Waals surface area contributed by atoms with Crippen molar-refractivity contribution in [1.82, 2.24) is 9.37 Å². The lowest BCUT2D eigenvalue weighted by atomic mass is 10.2. The zero-order valence-corrected chi connectivity index (χ0v) is 17.8. The number of nitrogens with zero attached hydrogens (tertiary/aromatic N) is 2. The van der Waals surface area contributed by atoms with Crippen LogP contribution >= 0.6 is 11.6 Å². The Hall–Kier alpha value is -2.53. The quantitative estimate of drug-likeness (QED) is 0.329. The molecule has 150 valence electrons.